The fourth-order valence-corrected chi connectivity index (χ4v) is 1.63. The summed E-state index contributed by atoms with van der Waals surface area (Å²) < 4.78 is 9.64. The van der Waals surface area contributed by atoms with Crippen LogP contribution in [0.3, 0.4) is 0 Å². The Kier molecular flexibility index (Phi) is 2.97. The number of furan rings is 1. The van der Waals surface area contributed by atoms with Crippen LogP contribution >= 0.6 is 11.6 Å². The molecule has 0 radical (unpaired) electrons. The lowest BCUT2D eigenvalue weighted by atomic mass is 10.1. The Morgan fingerprint density at radius 2 is 2.12 bits per heavy atom. The number of hydrogen-bond acceptors (Lipinski definition) is 3. The molecule has 3 nitrogen and oxygen atoms in total. The fourth-order valence-electron chi connectivity index (χ4n) is 1.38. The van der Waals surface area contributed by atoms with Crippen molar-refractivity contribution in [3.05, 3.63) is 47.4 Å². The molecule has 1 heterocycles. The van der Waals surface area contributed by atoms with Crippen molar-refractivity contribution >= 4 is 17.6 Å². The molecule has 0 fully saturated rings. The van der Waals surface area contributed by atoms with Crippen LogP contribution in [0.4, 0.5) is 0 Å². The molecule has 2 rings (SSSR count). The predicted octanol–water partition coefficient (Wildman–Crippen LogP) is 3.39. The largest absolute Gasteiger partial charge is 0.463 e. The zero-order chi connectivity index (χ0) is 11.5. The summed E-state index contributed by atoms with van der Waals surface area (Å²) in [6, 6.07) is 8.95. The number of hydrogen-bond donors (Lipinski definition) is 0. The van der Waals surface area contributed by atoms with Gasteiger partial charge in [0.05, 0.1) is 13.4 Å². The Morgan fingerprint density at radius 3 is 2.81 bits per heavy atom. The third-order valence-electron chi connectivity index (χ3n) is 2.17. The van der Waals surface area contributed by atoms with Gasteiger partial charge in [0.15, 0.2) is 0 Å². The van der Waals surface area contributed by atoms with E-state index in [4.69, 9.17) is 16.0 Å². The first-order valence-electron chi connectivity index (χ1n) is 4.64. The van der Waals surface area contributed by atoms with E-state index in [0.29, 0.717) is 5.02 Å². The molecule has 4 heteroatoms. The minimum Gasteiger partial charge on any atom is -0.463 e. The lowest BCUT2D eigenvalue weighted by Crippen LogP contribution is -1.98. The number of carbonyl (C=O) groups is 1. The molecule has 0 atom stereocenters. The fraction of sp³-hybridized carbons (Fsp3) is 0.0833. The van der Waals surface area contributed by atoms with Crippen LogP contribution in [-0.2, 0) is 4.74 Å². The van der Waals surface area contributed by atoms with Crippen molar-refractivity contribution in [3.8, 4) is 11.1 Å². The second-order valence-corrected chi connectivity index (χ2v) is 3.58. The molecule has 0 aliphatic rings. The van der Waals surface area contributed by atoms with Gasteiger partial charge in [0, 0.05) is 16.1 Å². The van der Waals surface area contributed by atoms with Gasteiger partial charge in [-0.05, 0) is 12.1 Å². The maximum absolute atomic E-state index is 11.2. The van der Waals surface area contributed by atoms with Crippen LogP contribution in [0.15, 0.2) is 41.0 Å². The Balaban J connectivity index is 2.39. The summed E-state index contributed by atoms with van der Waals surface area (Å²) in [5.74, 6) is -0.337. The molecule has 0 N–H and O–H groups in total. The summed E-state index contributed by atoms with van der Waals surface area (Å²) in [6.07, 6.45) is 1.48. The topological polar surface area (TPSA) is 39.4 Å². The molecule has 0 aliphatic carbocycles. The summed E-state index contributed by atoms with van der Waals surface area (Å²) in [4.78, 5) is 11.2. The van der Waals surface area contributed by atoms with E-state index in [9.17, 15) is 4.79 Å². The van der Waals surface area contributed by atoms with Gasteiger partial charge in [0.1, 0.15) is 0 Å². The Morgan fingerprint density at radius 1 is 1.38 bits per heavy atom. The molecule has 0 saturated heterocycles. The van der Waals surface area contributed by atoms with Crippen LogP contribution < -0.4 is 0 Å². The summed E-state index contributed by atoms with van der Waals surface area (Å²) in [7, 11) is 1.31. The molecule has 1 aromatic heterocycles. The quantitative estimate of drug-likeness (QED) is 0.751. The second kappa shape index (κ2) is 4.41. The van der Waals surface area contributed by atoms with Gasteiger partial charge in [-0.25, -0.2) is 4.79 Å². The first-order chi connectivity index (χ1) is 7.72. The van der Waals surface area contributed by atoms with E-state index in [-0.39, 0.29) is 5.76 Å². The van der Waals surface area contributed by atoms with E-state index in [2.05, 4.69) is 4.74 Å². The first kappa shape index (κ1) is 10.8. The number of esters is 1. The number of carbonyl (C=O) groups excluding carboxylic acids is 1. The summed E-state index contributed by atoms with van der Waals surface area (Å²) in [6.45, 7) is 0. The van der Waals surface area contributed by atoms with Crippen LogP contribution in [0.25, 0.3) is 11.1 Å². The average Bonchev–Trinajstić information content (AvgIpc) is 2.78. The van der Waals surface area contributed by atoms with Crippen LogP contribution in [-0.4, -0.2) is 13.1 Å². The van der Waals surface area contributed by atoms with Crippen molar-refractivity contribution in [3.63, 3.8) is 0 Å². The highest BCUT2D eigenvalue weighted by atomic mass is 35.5. The smallest absolute Gasteiger partial charge is 0.373 e. The molecule has 82 valence electrons. The number of halogens is 1. The van der Waals surface area contributed by atoms with Crippen molar-refractivity contribution in [1.82, 2.24) is 0 Å². The Labute approximate surface area is 97.6 Å². The van der Waals surface area contributed by atoms with Crippen molar-refractivity contribution in [2.45, 2.75) is 0 Å². The Bertz CT molecular complexity index is 516. The lowest BCUT2D eigenvalue weighted by molar-refractivity contribution is 0.0565. The van der Waals surface area contributed by atoms with Gasteiger partial charge in [-0.2, -0.15) is 0 Å². The van der Waals surface area contributed by atoms with E-state index in [1.54, 1.807) is 12.1 Å². The van der Waals surface area contributed by atoms with E-state index >= 15 is 0 Å². The maximum atomic E-state index is 11.2. The van der Waals surface area contributed by atoms with Gasteiger partial charge in [-0.15, -0.1) is 0 Å². The van der Waals surface area contributed by atoms with Crippen LogP contribution in [0.5, 0.6) is 0 Å². The molecule has 2 aromatic rings. The molecule has 0 saturated carbocycles. The first-order valence-corrected chi connectivity index (χ1v) is 5.02. The van der Waals surface area contributed by atoms with Gasteiger partial charge < -0.3 is 9.15 Å². The van der Waals surface area contributed by atoms with Crippen molar-refractivity contribution in [1.29, 1.82) is 0 Å². The number of rotatable bonds is 2. The number of methoxy groups -OCH3 is 1. The molecular formula is C12H9ClO3. The third-order valence-corrected chi connectivity index (χ3v) is 2.50. The Hall–Kier alpha value is -1.74. The van der Waals surface area contributed by atoms with Gasteiger partial charge in [-0.3, -0.25) is 0 Å². The molecule has 0 aliphatic heterocycles. The monoisotopic (exact) mass is 236 g/mol. The summed E-state index contributed by atoms with van der Waals surface area (Å²) in [5.41, 5.74) is 1.58. The molecule has 0 bridgehead atoms. The van der Waals surface area contributed by atoms with E-state index < -0.39 is 5.97 Å². The summed E-state index contributed by atoms with van der Waals surface area (Å²) in [5, 5.41) is 0.611. The van der Waals surface area contributed by atoms with Gasteiger partial charge in [-0.1, -0.05) is 29.8 Å². The lowest BCUT2D eigenvalue weighted by Gasteiger charge is -1.98. The van der Waals surface area contributed by atoms with E-state index in [0.717, 1.165) is 11.1 Å². The molecule has 0 amide bonds. The molecular weight excluding hydrogens is 228 g/mol. The maximum Gasteiger partial charge on any atom is 0.373 e. The molecule has 0 spiro atoms. The van der Waals surface area contributed by atoms with E-state index in [1.165, 1.54) is 13.4 Å². The van der Waals surface area contributed by atoms with Crippen LogP contribution in [0.1, 0.15) is 10.6 Å². The zero-order valence-corrected chi connectivity index (χ0v) is 9.32. The highest BCUT2D eigenvalue weighted by Gasteiger charge is 2.13. The van der Waals surface area contributed by atoms with Crippen molar-refractivity contribution in [2.24, 2.45) is 0 Å². The number of benzene rings is 1. The standard InChI is InChI=1S/C12H9ClO3/c1-15-12(14)11-6-8(7-16-11)9-4-2-3-5-10(9)13/h2-7H,1H3. The number of ether oxygens (including phenoxy) is 1. The molecule has 0 unspecified atom stereocenters. The minimum absolute atomic E-state index is 0.164. The second-order valence-electron chi connectivity index (χ2n) is 3.17. The highest BCUT2D eigenvalue weighted by Crippen LogP contribution is 2.29. The van der Waals surface area contributed by atoms with Crippen molar-refractivity contribution in [2.75, 3.05) is 7.11 Å². The summed E-state index contributed by atoms with van der Waals surface area (Å²) >= 11 is 6.02. The highest BCUT2D eigenvalue weighted by molar-refractivity contribution is 6.33. The van der Waals surface area contributed by atoms with E-state index in [1.807, 2.05) is 18.2 Å². The molecule has 1 aromatic carbocycles. The van der Waals surface area contributed by atoms with Crippen molar-refractivity contribution < 1.29 is 13.9 Å². The van der Waals surface area contributed by atoms with Gasteiger partial charge in [0.25, 0.3) is 0 Å². The minimum atomic E-state index is -0.502. The molecule has 16 heavy (non-hydrogen) atoms. The van der Waals surface area contributed by atoms with Gasteiger partial charge >= 0.3 is 5.97 Å². The SMILES string of the molecule is COC(=O)c1cc(-c2ccccc2Cl)co1. The predicted molar refractivity (Wildman–Crippen MR) is 60.5 cm³/mol. The van der Waals surface area contributed by atoms with Crippen LogP contribution in [0.2, 0.25) is 5.02 Å². The third kappa shape index (κ3) is 1.95. The van der Waals surface area contributed by atoms with Gasteiger partial charge in [0.2, 0.25) is 5.76 Å². The average molecular weight is 237 g/mol. The van der Waals surface area contributed by atoms with Crippen LogP contribution in [0, 0.1) is 0 Å². The normalized spacial score (nSPS) is 10.1. The zero-order valence-electron chi connectivity index (χ0n) is 8.57.